The highest BCUT2D eigenvalue weighted by Crippen LogP contribution is 2.11. The number of benzene rings is 1. The highest BCUT2D eigenvalue weighted by Gasteiger charge is 2.22. The summed E-state index contributed by atoms with van der Waals surface area (Å²) in [7, 11) is 0. The Morgan fingerprint density at radius 1 is 1.07 bits per heavy atom. The van der Waals surface area contributed by atoms with Crippen molar-refractivity contribution < 1.29 is 23.2 Å². The smallest absolute Gasteiger partial charge is 0.254 e. The number of nitrogens with one attached hydrogen (secondary N) is 3. The summed E-state index contributed by atoms with van der Waals surface area (Å²) in [6.45, 7) is 4.55. The summed E-state index contributed by atoms with van der Waals surface area (Å²) in [5.41, 5.74) is -0.262. The van der Waals surface area contributed by atoms with Gasteiger partial charge in [-0.05, 0) is 31.4 Å². The van der Waals surface area contributed by atoms with Gasteiger partial charge in [-0.2, -0.15) is 0 Å². The molecule has 1 fully saturated rings. The Kier molecular flexibility index (Phi) is 8.98. The lowest BCUT2D eigenvalue weighted by Gasteiger charge is -2.31. The largest absolute Gasteiger partial charge is 0.355 e. The van der Waals surface area contributed by atoms with Crippen LogP contribution in [-0.4, -0.2) is 61.4 Å². The maximum Gasteiger partial charge on any atom is 0.254 e. The predicted octanol–water partition coefficient (Wildman–Crippen LogP) is 1.19. The summed E-state index contributed by atoms with van der Waals surface area (Å²) in [5.74, 6) is -2.58. The fraction of sp³-hybridized carbons (Fsp3) is 0.550. The summed E-state index contributed by atoms with van der Waals surface area (Å²) in [6.07, 6.45) is 2.47. The Balaban J connectivity index is 1.63. The molecular formula is C20H28F2N4O3. The van der Waals surface area contributed by atoms with Crippen LogP contribution in [0, 0.1) is 11.6 Å². The average molecular weight is 410 g/mol. The first-order chi connectivity index (χ1) is 13.9. The first kappa shape index (κ1) is 22.7. The molecule has 160 valence electrons. The molecule has 2 rings (SSSR count). The molecule has 0 aliphatic carbocycles. The topological polar surface area (TPSA) is 90.5 Å². The maximum absolute atomic E-state index is 13.6. The Morgan fingerprint density at radius 2 is 1.79 bits per heavy atom. The Bertz CT molecular complexity index is 722. The van der Waals surface area contributed by atoms with Gasteiger partial charge >= 0.3 is 0 Å². The molecule has 9 heteroatoms. The van der Waals surface area contributed by atoms with Crippen LogP contribution < -0.4 is 16.0 Å². The molecule has 7 nitrogen and oxygen atoms in total. The molecular weight excluding hydrogens is 382 g/mol. The fourth-order valence-electron chi connectivity index (χ4n) is 3.12. The van der Waals surface area contributed by atoms with Crippen molar-refractivity contribution in [2.45, 2.75) is 38.6 Å². The van der Waals surface area contributed by atoms with Gasteiger partial charge in [0.15, 0.2) is 0 Å². The van der Waals surface area contributed by atoms with Gasteiger partial charge in [-0.1, -0.05) is 6.92 Å². The van der Waals surface area contributed by atoms with Crippen LogP contribution in [0.5, 0.6) is 0 Å². The van der Waals surface area contributed by atoms with Gasteiger partial charge in [0.2, 0.25) is 11.8 Å². The van der Waals surface area contributed by atoms with E-state index in [9.17, 15) is 23.2 Å². The standard InChI is InChI=1S/C20H28F2N4O3/c1-2-8-23-19(28)13-26-10-6-15(7-11-26)25-18(27)5-9-24-20(29)16-4-3-14(21)12-17(16)22/h3-4,12,15H,2,5-11,13H2,1H3,(H,23,28)(H,24,29)(H,25,27). The zero-order chi connectivity index (χ0) is 21.2. The van der Waals surface area contributed by atoms with Crippen molar-refractivity contribution in [1.29, 1.82) is 0 Å². The van der Waals surface area contributed by atoms with Gasteiger partial charge < -0.3 is 16.0 Å². The predicted molar refractivity (Wildman–Crippen MR) is 104 cm³/mol. The van der Waals surface area contributed by atoms with Crippen LogP contribution in [0.25, 0.3) is 0 Å². The molecule has 0 saturated carbocycles. The number of carbonyl (C=O) groups excluding carboxylic acids is 3. The van der Waals surface area contributed by atoms with Gasteiger partial charge in [-0.25, -0.2) is 8.78 Å². The van der Waals surface area contributed by atoms with E-state index in [2.05, 4.69) is 20.9 Å². The summed E-state index contributed by atoms with van der Waals surface area (Å²) in [4.78, 5) is 37.8. The van der Waals surface area contributed by atoms with E-state index in [1.807, 2.05) is 6.92 Å². The Hall–Kier alpha value is -2.55. The van der Waals surface area contributed by atoms with E-state index in [0.29, 0.717) is 19.2 Å². The summed E-state index contributed by atoms with van der Waals surface area (Å²) in [5, 5.41) is 8.22. The molecule has 1 saturated heterocycles. The highest BCUT2D eigenvalue weighted by atomic mass is 19.1. The normalized spacial score (nSPS) is 15.0. The molecule has 1 heterocycles. The van der Waals surface area contributed by atoms with E-state index < -0.39 is 17.5 Å². The number of carbonyl (C=O) groups is 3. The number of hydrogen-bond acceptors (Lipinski definition) is 4. The van der Waals surface area contributed by atoms with E-state index >= 15 is 0 Å². The van der Waals surface area contributed by atoms with Gasteiger partial charge in [-0.15, -0.1) is 0 Å². The minimum Gasteiger partial charge on any atom is -0.355 e. The molecule has 1 aliphatic rings. The first-order valence-electron chi connectivity index (χ1n) is 9.90. The summed E-state index contributed by atoms with van der Waals surface area (Å²) >= 11 is 0. The van der Waals surface area contributed by atoms with Crippen LogP contribution in [0.2, 0.25) is 0 Å². The third kappa shape index (κ3) is 7.77. The van der Waals surface area contributed by atoms with Crippen molar-refractivity contribution in [3.8, 4) is 0 Å². The first-order valence-corrected chi connectivity index (χ1v) is 9.90. The third-order valence-electron chi connectivity index (χ3n) is 4.71. The highest BCUT2D eigenvalue weighted by molar-refractivity contribution is 5.94. The zero-order valence-corrected chi connectivity index (χ0v) is 16.6. The molecule has 3 N–H and O–H groups in total. The van der Waals surface area contributed by atoms with Gasteiger partial charge in [-0.3, -0.25) is 19.3 Å². The van der Waals surface area contributed by atoms with Crippen molar-refractivity contribution in [3.63, 3.8) is 0 Å². The maximum atomic E-state index is 13.6. The number of halogens is 2. The van der Waals surface area contributed by atoms with Gasteiger partial charge in [0.25, 0.3) is 5.91 Å². The quantitative estimate of drug-likeness (QED) is 0.571. The molecule has 0 radical (unpaired) electrons. The van der Waals surface area contributed by atoms with E-state index in [4.69, 9.17) is 0 Å². The third-order valence-corrected chi connectivity index (χ3v) is 4.71. The fourth-order valence-corrected chi connectivity index (χ4v) is 3.12. The average Bonchev–Trinajstić information content (AvgIpc) is 2.67. The van der Waals surface area contributed by atoms with Crippen LogP contribution in [0.3, 0.4) is 0 Å². The van der Waals surface area contributed by atoms with E-state index in [1.54, 1.807) is 0 Å². The second-order valence-corrected chi connectivity index (χ2v) is 7.10. The molecule has 29 heavy (non-hydrogen) atoms. The molecule has 0 aromatic heterocycles. The number of piperidine rings is 1. The van der Waals surface area contributed by atoms with Gasteiger partial charge in [0.1, 0.15) is 11.6 Å². The lowest BCUT2D eigenvalue weighted by molar-refractivity contribution is -0.124. The molecule has 0 atom stereocenters. The van der Waals surface area contributed by atoms with E-state index in [-0.39, 0.29) is 36.4 Å². The Labute approximate surface area is 169 Å². The lowest BCUT2D eigenvalue weighted by Crippen LogP contribution is -2.47. The second kappa shape index (κ2) is 11.5. The molecule has 0 spiro atoms. The number of amides is 3. The van der Waals surface area contributed by atoms with Crippen molar-refractivity contribution >= 4 is 17.7 Å². The molecule has 1 aromatic rings. The van der Waals surface area contributed by atoms with Crippen molar-refractivity contribution in [3.05, 3.63) is 35.4 Å². The second-order valence-electron chi connectivity index (χ2n) is 7.10. The van der Waals surface area contributed by atoms with Crippen LogP contribution >= 0.6 is 0 Å². The van der Waals surface area contributed by atoms with Crippen molar-refractivity contribution in [2.75, 3.05) is 32.7 Å². The van der Waals surface area contributed by atoms with Gasteiger partial charge in [0, 0.05) is 44.7 Å². The molecule has 1 aliphatic heterocycles. The lowest BCUT2D eigenvalue weighted by atomic mass is 10.0. The molecule has 0 bridgehead atoms. The van der Waals surface area contributed by atoms with Crippen molar-refractivity contribution in [2.24, 2.45) is 0 Å². The number of rotatable bonds is 9. The van der Waals surface area contributed by atoms with Crippen LogP contribution in [-0.2, 0) is 9.59 Å². The molecule has 3 amide bonds. The molecule has 1 aromatic carbocycles. The monoisotopic (exact) mass is 410 g/mol. The van der Waals surface area contributed by atoms with Crippen LogP contribution in [0.4, 0.5) is 8.78 Å². The number of likely N-dealkylation sites (tertiary alicyclic amines) is 1. The van der Waals surface area contributed by atoms with E-state index in [1.165, 1.54) is 0 Å². The SMILES string of the molecule is CCCNC(=O)CN1CCC(NC(=O)CCNC(=O)c2ccc(F)cc2F)CC1. The Morgan fingerprint density at radius 3 is 2.45 bits per heavy atom. The minimum absolute atomic E-state index is 0.0164. The molecule has 0 unspecified atom stereocenters. The van der Waals surface area contributed by atoms with Crippen LogP contribution in [0.15, 0.2) is 18.2 Å². The minimum atomic E-state index is -0.943. The summed E-state index contributed by atoms with van der Waals surface area (Å²) < 4.78 is 26.4. The zero-order valence-electron chi connectivity index (χ0n) is 16.6. The van der Waals surface area contributed by atoms with Gasteiger partial charge in [0.05, 0.1) is 12.1 Å². The van der Waals surface area contributed by atoms with Crippen LogP contribution in [0.1, 0.15) is 43.0 Å². The van der Waals surface area contributed by atoms with E-state index in [0.717, 1.165) is 44.5 Å². The van der Waals surface area contributed by atoms with Crippen molar-refractivity contribution in [1.82, 2.24) is 20.9 Å². The number of hydrogen-bond donors (Lipinski definition) is 3. The summed E-state index contributed by atoms with van der Waals surface area (Å²) in [6, 6.07) is 2.74. The number of nitrogens with zero attached hydrogens (tertiary/aromatic N) is 1.